The van der Waals surface area contributed by atoms with E-state index in [1.54, 1.807) is 11.8 Å². The Morgan fingerprint density at radius 3 is 2.52 bits per heavy atom. The number of aromatic nitrogens is 2. The van der Waals surface area contributed by atoms with Crippen molar-refractivity contribution in [2.75, 3.05) is 18.1 Å². The van der Waals surface area contributed by atoms with Crippen LogP contribution in [0.15, 0.2) is 57.9 Å². The number of nitrogens with zero attached hydrogens (tertiary/aromatic N) is 2. The molecule has 0 atom stereocenters. The Kier molecular flexibility index (Phi) is 7.25. The molecule has 0 fully saturated rings. The number of halogens is 2. The highest BCUT2D eigenvalue weighted by molar-refractivity contribution is 7.98. The normalized spacial score (nSPS) is 11.6. The van der Waals surface area contributed by atoms with Gasteiger partial charge in [-0.05, 0) is 54.5 Å². The second-order valence-corrected chi connectivity index (χ2v) is 7.83. The van der Waals surface area contributed by atoms with Gasteiger partial charge in [0, 0.05) is 30.5 Å². The first kappa shape index (κ1) is 21.3. The SMILES string of the molecule is CSc1ccc(-c2cccc(NCCCCCc3noc(C(C)(F)F)n3)c2)cc1. The zero-order chi connectivity index (χ0) is 20.7. The van der Waals surface area contributed by atoms with Crippen LogP contribution < -0.4 is 5.32 Å². The minimum absolute atomic E-state index is 0.342. The van der Waals surface area contributed by atoms with Crippen LogP contribution in [0.3, 0.4) is 0 Å². The van der Waals surface area contributed by atoms with E-state index in [0.29, 0.717) is 12.2 Å². The molecule has 0 aliphatic carbocycles. The van der Waals surface area contributed by atoms with Crippen LogP contribution in [0, 0.1) is 0 Å². The van der Waals surface area contributed by atoms with E-state index in [1.165, 1.54) is 16.0 Å². The summed E-state index contributed by atoms with van der Waals surface area (Å²) in [6.45, 7) is 1.60. The molecule has 1 N–H and O–H groups in total. The first-order valence-corrected chi connectivity index (χ1v) is 10.9. The standard InChI is InChI=1S/C22H25F2N3OS/c1-22(23,24)21-26-20(27-28-21)9-4-3-5-14-25-18-8-6-7-17(15-18)16-10-12-19(29-2)13-11-16/h6-8,10-13,15,25H,3-5,9,14H2,1-2H3. The number of benzene rings is 2. The van der Waals surface area contributed by atoms with Gasteiger partial charge in [0.25, 0.3) is 5.89 Å². The molecule has 3 rings (SSSR count). The van der Waals surface area contributed by atoms with Gasteiger partial charge in [0.05, 0.1) is 0 Å². The molecule has 1 heterocycles. The van der Waals surface area contributed by atoms with Crippen LogP contribution in [0.4, 0.5) is 14.5 Å². The second kappa shape index (κ2) is 9.87. The number of rotatable bonds is 10. The lowest BCUT2D eigenvalue weighted by atomic mass is 10.1. The molecule has 154 valence electrons. The Labute approximate surface area is 174 Å². The fourth-order valence-electron chi connectivity index (χ4n) is 2.94. The number of thioether (sulfide) groups is 1. The number of alkyl halides is 2. The van der Waals surface area contributed by atoms with Crippen molar-refractivity contribution in [3.05, 3.63) is 60.2 Å². The van der Waals surface area contributed by atoms with E-state index >= 15 is 0 Å². The van der Waals surface area contributed by atoms with Gasteiger partial charge in [-0.2, -0.15) is 13.8 Å². The summed E-state index contributed by atoms with van der Waals surface area (Å²) in [5.74, 6) is -3.35. The van der Waals surface area contributed by atoms with E-state index in [9.17, 15) is 8.78 Å². The van der Waals surface area contributed by atoms with Gasteiger partial charge in [0.1, 0.15) is 0 Å². The van der Waals surface area contributed by atoms with Gasteiger partial charge in [0.15, 0.2) is 5.82 Å². The lowest BCUT2D eigenvalue weighted by molar-refractivity contribution is -0.0158. The monoisotopic (exact) mass is 417 g/mol. The van der Waals surface area contributed by atoms with Crippen molar-refractivity contribution in [1.29, 1.82) is 0 Å². The van der Waals surface area contributed by atoms with E-state index in [1.807, 2.05) is 0 Å². The van der Waals surface area contributed by atoms with Crippen molar-refractivity contribution in [3.8, 4) is 11.1 Å². The van der Waals surface area contributed by atoms with Gasteiger partial charge in [0.2, 0.25) is 0 Å². The molecule has 0 aliphatic heterocycles. The average molecular weight is 418 g/mol. The van der Waals surface area contributed by atoms with E-state index in [2.05, 4.69) is 74.8 Å². The summed E-state index contributed by atoms with van der Waals surface area (Å²) < 4.78 is 30.8. The molecule has 3 aromatic rings. The molecular weight excluding hydrogens is 392 g/mol. The Bertz CT molecular complexity index is 907. The van der Waals surface area contributed by atoms with Crippen LogP contribution in [-0.2, 0) is 12.3 Å². The Morgan fingerprint density at radius 2 is 1.83 bits per heavy atom. The summed E-state index contributed by atoms with van der Waals surface area (Å²) in [5.41, 5.74) is 3.47. The third-order valence-electron chi connectivity index (χ3n) is 4.54. The van der Waals surface area contributed by atoms with Crippen molar-refractivity contribution in [3.63, 3.8) is 0 Å². The van der Waals surface area contributed by atoms with E-state index in [-0.39, 0.29) is 0 Å². The largest absolute Gasteiger partial charge is 0.385 e. The van der Waals surface area contributed by atoms with Gasteiger partial charge >= 0.3 is 5.92 Å². The molecule has 1 aromatic heterocycles. The highest BCUT2D eigenvalue weighted by Crippen LogP contribution is 2.26. The van der Waals surface area contributed by atoms with Crippen LogP contribution in [0.5, 0.6) is 0 Å². The summed E-state index contributed by atoms with van der Waals surface area (Å²) >= 11 is 1.74. The van der Waals surface area contributed by atoms with Crippen LogP contribution in [0.25, 0.3) is 11.1 Å². The number of unbranched alkanes of at least 4 members (excludes halogenated alkanes) is 2. The van der Waals surface area contributed by atoms with E-state index < -0.39 is 11.8 Å². The van der Waals surface area contributed by atoms with Crippen LogP contribution >= 0.6 is 11.8 Å². The summed E-state index contributed by atoms with van der Waals surface area (Å²) in [7, 11) is 0. The van der Waals surface area contributed by atoms with Gasteiger partial charge in [-0.25, -0.2) is 0 Å². The van der Waals surface area contributed by atoms with Crippen LogP contribution in [-0.4, -0.2) is 22.9 Å². The number of anilines is 1. The minimum atomic E-state index is -3.08. The highest BCUT2D eigenvalue weighted by atomic mass is 32.2. The predicted octanol–water partition coefficient (Wildman–Crippen LogP) is 6.40. The Balaban J connectivity index is 1.41. The van der Waals surface area contributed by atoms with Gasteiger partial charge in [-0.3, -0.25) is 0 Å². The lowest BCUT2D eigenvalue weighted by Gasteiger charge is -2.09. The fraction of sp³-hybridized carbons (Fsp3) is 0.364. The maximum atomic E-state index is 13.1. The molecule has 0 saturated carbocycles. The highest BCUT2D eigenvalue weighted by Gasteiger charge is 2.31. The van der Waals surface area contributed by atoms with E-state index in [4.69, 9.17) is 0 Å². The molecule has 0 bridgehead atoms. The maximum absolute atomic E-state index is 13.1. The van der Waals surface area contributed by atoms with Crippen molar-refractivity contribution >= 4 is 17.4 Å². The Morgan fingerprint density at radius 1 is 1.03 bits per heavy atom. The first-order valence-electron chi connectivity index (χ1n) is 9.65. The second-order valence-electron chi connectivity index (χ2n) is 6.95. The summed E-state index contributed by atoms with van der Waals surface area (Å²) in [6.07, 6.45) is 5.37. The molecule has 29 heavy (non-hydrogen) atoms. The average Bonchev–Trinajstić information content (AvgIpc) is 3.20. The first-order chi connectivity index (χ1) is 14.0. The summed E-state index contributed by atoms with van der Waals surface area (Å²) in [4.78, 5) is 5.00. The Hall–Kier alpha value is -2.41. The molecule has 0 unspecified atom stereocenters. The van der Waals surface area contributed by atoms with Crippen molar-refractivity contribution in [2.45, 2.75) is 43.4 Å². The number of aryl methyl sites for hydroxylation is 1. The molecule has 2 aromatic carbocycles. The molecular formula is C22H25F2N3OS. The molecule has 7 heteroatoms. The number of hydrogen-bond acceptors (Lipinski definition) is 5. The van der Waals surface area contributed by atoms with Gasteiger partial charge in [-0.15, -0.1) is 11.8 Å². The lowest BCUT2D eigenvalue weighted by Crippen LogP contribution is -2.07. The zero-order valence-corrected chi connectivity index (χ0v) is 17.4. The topological polar surface area (TPSA) is 51.0 Å². The number of nitrogens with one attached hydrogen (secondary N) is 1. The van der Waals surface area contributed by atoms with E-state index in [0.717, 1.165) is 38.4 Å². The maximum Gasteiger partial charge on any atom is 0.322 e. The molecule has 0 saturated heterocycles. The molecule has 0 spiro atoms. The molecule has 0 radical (unpaired) electrons. The fourth-order valence-corrected chi connectivity index (χ4v) is 3.35. The van der Waals surface area contributed by atoms with Gasteiger partial charge < -0.3 is 9.84 Å². The summed E-state index contributed by atoms with van der Waals surface area (Å²) in [6, 6.07) is 16.9. The molecule has 4 nitrogen and oxygen atoms in total. The third-order valence-corrected chi connectivity index (χ3v) is 5.28. The smallest absolute Gasteiger partial charge is 0.322 e. The zero-order valence-electron chi connectivity index (χ0n) is 16.6. The third kappa shape index (κ3) is 6.29. The van der Waals surface area contributed by atoms with Crippen molar-refractivity contribution in [2.24, 2.45) is 0 Å². The van der Waals surface area contributed by atoms with Crippen LogP contribution in [0.2, 0.25) is 0 Å². The predicted molar refractivity (Wildman–Crippen MR) is 114 cm³/mol. The number of hydrogen-bond donors (Lipinski definition) is 1. The quantitative estimate of drug-likeness (QED) is 0.306. The molecule has 0 amide bonds. The van der Waals surface area contributed by atoms with Crippen molar-refractivity contribution in [1.82, 2.24) is 10.1 Å². The summed E-state index contributed by atoms with van der Waals surface area (Å²) in [5, 5.41) is 7.06. The molecule has 0 aliphatic rings. The van der Waals surface area contributed by atoms with Crippen LogP contribution in [0.1, 0.15) is 37.9 Å². The van der Waals surface area contributed by atoms with Crippen molar-refractivity contribution < 1.29 is 13.3 Å². The minimum Gasteiger partial charge on any atom is -0.385 e. The van der Waals surface area contributed by atoms with Gasteiger partial charge in [-0.1, -0.05) is 35.8 Å².